The Labute approximate surface area is 157 Å². The van der Waals surface area contributed by atoms with Gasteiger partial charge in [0.2, 0.25) is 0 Å². The van der Waals surface area contributed by atoms with Gasteiger partial charge < -0.3 is 15.4 Å². The Bertz CT molecular complexity index is 800. The molecule has 0 saturated carbocycles. The average Bonchev–Trinajstić information content (AvgIpc) is 3.39. The van der Waals surface area contributed by atoms with Crippen LogP contribution in [0.25, 0.3) is 0 Å². The largest absolute Gasteiger partial charge is 0.410 e. The van der Waals surface area contributed by atoms with Crippen molar-refractivity contribution in [2.45, 2.75) is 43.6 Å². The number of halogens is 3. The first kappa shape index (κ1) is 18.3. The van der Waals surface area contributed by atoms with Crippen molar-refractivity contribution in [1.82, 2.24) is 15.1 Å². The number of amides is 1. The molecule has 2 aliphatic heterocycles. The molecule has 4 rings (SSSR count). The van der Waals surface area contributed by atoms with E-state index >= 15 is 0 Å². The van der Waals surface area contributed by atoms with Gasteiger partial charge in [0.15, 0.2) is 6.04 Å². The highest BCUT2D eigenvalue weighted by atomic mass is 32.1. The minimum Gasteiger partial charge on any atom is -0.376 e. The molecule has 1 saturated heterocycles. The molecule has 1 amide bonds. The number of carbonyl (C=O) groups excluding carboxylic acids is 1. The summed E-state index contributed by atoms with van der Waals surface area (Å²) in [7, 11) is 0. The fraction of sp³-hybridized carbons (Fsp3) is 0.529. The van der Waals surface area contributed by atoms with Crippen LogP contribution in [0, 0.1) is 0 Å². The van der Waals surface area contributed by atoms with Crippen molar-refractivity contribution in [3.63, 3.8) is 0 Å². The van der Waals surface area contributed by atoms with Gasteiger partial charge in [-0.05, 0) is 24.3 Å². The number of rotatable bonds is 4. The number of hydrogen-bond donors (Lipinski definition) is 2. The SMILES string of the molecule is O=C(NCC1CCCO1)c1cnn2c1NC(c1cccs1)CC2C(F)(F)F. The quantitative estimate of drug-likeness (QED) is 0.824. The molecule has 1 fully saturated rings. The number of alkyl halides is 3. The third-order valence-corrected chi connectivity index (χ3v) is 5.87. The molecule has 10 heteroatoms. The molecule has 6 nitrogen and oxygen atoms in total. The van der Waals surface area contributed by atoms with Crippen LogP contribution in [0.5, 0.6) is 0 Å². The number of anilines is 1. The highest BCUT2D eigenvalue weighted by Crippen LogP contribution is 2.44. The molecule has 2 aromatic rings. The molecule has 2 aliphatic rings. The Morgan fingerprint density at radius 2 is 2.33 bits per heavy atom. The van der Waals surface area contributed by atoms with Crippen LogP contribution in [0.4, 0.5) is 19.0 Å². The zero-order valence-corrected chi connectivity index (χ0v) is 15.1. The van der Waals surface area contributed by atoms with Gasteiger partial charge in [0, 0.05) is 24.4 Å². The number of ether oxygens (including phenoxy) is 1. The van der Waals surface area contributed by atoms with Crippen molar-refractivity contribution in [2.24, 2.45) is 0 Å². The Morgan fingerprint density at radius 3 is 3.00 bits per heavy atom. The van der Waals surface area contributed by atoms with E-state index < -0.39 is 24.2 Å². The van der Waals surface area contributed by atoms with E-state index in [4.69, 9.17) is 4.74 Å². The van der Waals surface area contributed by atoms with E-state index in [0.717, 1.165) is 22.4 Å². The maximum absolute atomic E-state index is 13.6. The second kappa shape index (κ2) is 7.16. The van der Waals surface area contributed by atoms with E-state index in [9.17, 15) is 18.0 Å². The lowest BCUT2D eigenvalue weighted by molar-refractivity contribution is -0.173. The summed E-state index contributed by atoms with van der Waals surface area (Å²) in [5, 5.41) is 11.5. The van der Waals surface area contributed by atoms with Gasteiger partial charge in [0.05, 0.1) is 18.3 Å². The first-order valence-electron chi connectivity index (χ1n) is 8.77. The lowest BCUT2D eigenvalue weighted by Gasteiger charge is -2.33. The molecule has 27 heavy (non-hydrogen) atoms. The standard InChI is InChI=1S/C17H19F3N4O2S/c18-17(19,20)14-7-12(13-4-2-6-27-13)23-15-11(9-22-24(14)15)16(25)21-8-10-3-1-5-26-10/h2,4,6,9-10,12,14,23H,1,3,5,7-8H2,(H,21,25). The van der Waals surface area contributed by atoms with Gasteiger partial charge in [0.25, 0.3) is 5.91 Å². The maximum Gasteiger partial charge on any atom is 0.410 e. The van der Waals surface area contributed by atoms with E-state index in [0.29, 0.717) is 13.2 Å². The Kier molecular flexibility index (Phi) is 4.85. The molecule has 3 unspecified atom stereocenters. The fourth-order valence-electron chi connectivity index (χ4n) is 3.51. The Hall–Kier alpha value is -2.07. The lowest BCUT2D eigenvalue weighted by atomic mass is 10.0. The van der Waals surface area contributed by atoms with E-state index in [1.54, 1.807) is 12.1 Å². The second-order valence-corrected chi connectivity index (χ2v) is 7.68. The van der Waals surface area contributed by atoms with Gasteiger partial charge in [-0.2, -0.15) is 18.3 Å². The molecular formula is C17H19F3N4O2S. The van der Waals surface area contributed by atoms with Crippen molar-refractivity contribution in [1.29, 1.82) is 0 Å². The van der Waals surface area contributed by atoms with E-state index in [1.807, 2.05) is 5.38 Å². The molecular weight excluding hydrogens is 381 g/mol. The van der Waals surface area contributed by atoms with Crippen molar-refractivity contribution in [3.8, 4) is 0 Å². The lowest BCUT2D eigenvalue weighted by Crippen LogP contribution is -2.37. The number of hydrogen-bond acceptors (Lipinski definition) is 5. The molecule has 146 valence electrons. The summed E-state index contributed by atoms with van der Waals surface area (Å²) in [5.41, 5.74) is 0.114. The van der Waals surface area contributed by atoms with Gasteiger partial charge >= 0.3 is 6.18 Å². The van der Waals surface area contributed by atoms with Gasteiger partial charge in [-0.25, -0.2) is 4.68 Å². The molecule has 0 aliphatic carbocycles. The van der Waals surface area contributed by atoms with Crippen LogP contribution in [0.15, 0.2) is 23.7 Å². The Balaban J connectivity index is 1.59. The van der Waals surface area contributed by atoms with E-state index in [2.05, 4.69) is 15.7 Å². The topological polar surface area (TPSA) is 68.2 Å². The third-order valence-electron chi connectivity index (χ3n) is 4.88. The maximum atomic E-state index is 13.6. The zero-order valence-electron chi connectivity index (χ0n) is 14.3. The summed E-state index contributed by atoms with van der Waals surface area (Å²) in [6.45, 7) is 1.00. The molecule has 2 aromatic heterocycles. The number of aromatic nitrogens is 2. The summed E-state index contributed by atoms with van der Waals surface area (Å²) >= 11 is 1.38. The molecule has 3 atom stereocenters. The van der Waals surface area contributed by atoms with E-state index in [1.165, 1.54) is 17.5 Å². The van der Waals surface area contributed by atoms with Gasteiger partial charge in [-0.3, -0.25) is 4.79 Å². The first-order valence-corrected chi connectivity index (χ1v) is 9.65. The zero-order chi connectivity index (χ0) is 19.0. The summed E-state index contributed by atoms with van der Waals surface area (Å²) < 4.78 is 47.1. The Morgan fingerprint density at radius 1 is 1.48 bits per heavy atom. The van der Waals surface area contributed by atoms with Gasteiger partial charge in [-0.1, -0.05) is 6.07 Å². The van der Waals surface area contributed by atoms with Crippen LogP contribution in [0.3, 0.4) is 0 Å². The van der Waals surface area contributed by atoms with Crippen LogP contribution < -0.4 is 10.6 Å². The molecule has 0 bridgehead atoms. The van der Waals surface area contributed by atoms with Crippen LogP contribution in [0.1, 0.15) is 46.6 Å². The van der Waals surface area contributed by atoms with Crippen LogP contribution in [-0.4, -0.2) is 41.1 Å². The molecule has 0 spiro atoms. The van der Waals surface area contributed by atoms with Gasteiger partial charge in [-0.15, -0.1) is 11.3 Å². The molecule has 0 aromatic carbocycles. The predicted molar refractivity (Wildman–Crippen MR) is 93.9 cm³/mol. The monoisotopic (exact) mass is 400 g/mol. The first-order chi connectivity index (χ1) is 12.9. The smallest absolute Gasteiger partial charge is 0.376 e. The number of thiophene rings is 1. The van der Waals surface area contributed by atoms with E-state index in [-0.39, 0.29) is 23.9 Å². The number of nitrogens with zero attached hydrogens (tertiary/aromatic N) is 2. The van der Waals surface area contributed by atoms with Crippen LogP contribution in [-0.2, 0) is 4.74 Å². The second-order valence-electron chi connectivity index (χ2n) is 6.70. The molecule has 2 N–H and O–H groups in total. The third kappa shape index (κ3) is 3.68. The van der Waals surface area contributed by atoms with Crippen LogP contribution in [0.2, 0.25) is 0 Å². The minimum absolute atomic E-state index is 0.0462. The number of nitrogens with one attached hydrogen (secondary N) is 2. The summed E-state index contributed by atoms with van der Waals surface area (Å²) in [6.07, 6.45) is -1.67. The minimum atomic E-state index is -4.45. The van der Waals surface area contributed by atoms with Gasteiger partial charge in [0.1, 0.15) is 11.4 Å². The highest BCUT2D eigenvalue weighted by molar-refractivity contribution is 7.10. The van der Waals surface area contributed by atoms with Crippen LogP contribution >= 0.6 is 11.3 Å². The molecule has 0 radical (unpaired) electrons. The average molecular weight is 400 g/mol. The number of fused-ring (bicyclic) bond motifs is 1. The normalized spacial score (nSPS) is 25.1. The van der Waals surface area contributed by atoms with Crippen molar-refractivity contribution in [2.75, 3.05) is 18.5 Å². The molecule has 4 heterocycles. The summed E-state index contributed by atoms with van der Waals surface area (Å²) in [5.74, 6) is -0.348. The van der Waals surface area contributed by atoms with Crippen molar-refractivity contribution < 1.29 is 22.7 Å². The highest BCUT2D eigenvalue weighted by Gasteiger charge is 2.47. The fourth-order valence-corrected chi connectivity index (χ4v) is 4.30. The number of carbonyl (C=O) groups is 1. The summed E-state index contributed by atoms with van der Waals surface area (Å²) in [4.78, 5) is 13.3. The van der Waals surface area contributed by atoms with Crippen molar-refractivity contribution in [3.05, 3.63) is 34.2 Å². The van der Waals surface area contributed by atoms with Crippen molar-refractivity contribution >= 4 is 23.1 Å². The predicted octanol–water partition coefficient (Wildman–Crippen LogP) is 3.51. The summed E-state index contributed by atoms with van der Waals surface area (Å²) in [6, 6.07) is 1.29.